The summed E-state index contributed by atoms with van der Waals surface area (Å²) in [5, 5.41) is 14.7. The monoisotopic (exact) mass is 498 g/mol. The van der Waals surface area contributed by atoms with Crippen molar-refractivity contribution < 1.29 is 33.7 Å². The van der Waals surface area contributed by atoms with E-state index in [4.69, 9.17) is 14.2 Å². The van der Waals surface area contributed by atoms with Gasteiger partial charge in [-0.2, -0.15) is 0 Å². The van der Waals surface area contributed by atoms with Gasteiger partial charge in [0.2, 0.25) is 5.91 Å². The molecule has 3 rings (SSSR count). The van der Waals surface area contributed by atoms with Gasteiger partial charge in [0.1, 0.15) is 19.3 Å². The normalized spacial score (nSPS) is 12.9. The Labute approximate surface area is 211 Å². The number of carboxylic acids is 1. The van der Waals surface area contributed by atoms with Gasteiger partial charge in [0, 0.05) is 19.1 Å². The molecule has 3 N–H and O–H groups in total. The van der Waals surface area contributed by atoms with E-state index < -0.39 is 18.1 Å². The molecular formula is C27H34N2O7. The smallest absolute Gasteiger partial charge is 0.407 e. The number of rotatable bonds is 15. The minimum atomic E-state index is -1.13. The van der Waals surface area contributed by atoms with E-state index in [2.05, 4.69) is 10.6 Å². The highest BCUT2D eigenvalue weighted by Crippen LogP contribution is 2.44. The third-order valence-corrected chi connectivity index (χ3v) is 5.98. The molecule has 36 heavy (non-hydrogen) atoms. The zero-order chi connectivity index (χ0) is 25.8. The van der Waals surface area contributed by atoms with Crippen LogP contribution in [0.1, 0.15) is 43.2 Å². The molecule has 1 atom stereocenters. The number of hydrogen-bond donors (Lipinski definition) is 3. The number of hydrogen-bond acceptors (Lipinski definition) is 6. The van der Waals surface area contributed by atoms with Crippen LogP contribution < -0.4 is 10.6 Å². The fraction of sp³-hybridized carbons (Fsp3) is 0.444. The van der Waals surface area contributed by atoms with Gasteiger partial charge in [0.25, 0.3) is 0 Å². The van der Waals surface area contributed by atoms with Gasteiger partial charge < -0.3 is 30.0 Å². The van der Waals surface area contributed by atoms with Gasteiger partial charge in [-0.1, -0.05) is 48.5 Å². The van der Waals surface area contributed by atoms with E-state index in [-0.39, 0.29) is 31.5 Å². The van der Waals surface area contributed by atoms with E-state index >= 15 is 0 Å². The molecule has 0 aromatic heterocycles. The Balaban J connectivity index is 1.38. The fourth-order valence-corrected chi connectivity index (χ4v) is 4.22. The number of carboxylic acid groups (broad SMARTS) is 1. The van der Waals surface area contributed by atoms with E-state index in [1.807, 2.05) is 55.5 Å². The lowest BCUT2D eigenvalue weighted by Crippen LogP contribution is -2.41. The molecule has 0 saturated carbocycles. The molecule has 9 nitrogen and oxygen atoms in total. The van der Waals surface area contributed by atoms with Gasteiger partial charge in [-0.3, -0.25) is 4.79 Å². The summed E-state index contributed by atoms with van der Waals surface area (Å²) in [5.74, 6) is -1.47. The van der Waals surface area contributed by atoms with Crippen molar-refractivity contribution in [3.05, 3.63) is 59.7 Å². The van der Waals surface area contributed by atoms with Crippen molar-refractivity contribution >= 4 is 18.0 Å². The highest BCUT2D eigenvalue weighted by Gasteiger charge is 2.29. The van der Waals surface area contributed by atoms with Crippen molar-refractivity contribution in [2.24, 2.45) is 0 Å². The number of ether oxygens (including phenoxy) is 3. The first kappa shape index (κ1) is 27.2. The number of alkyl carbamates (subject to hydrolysis) is 1. The first-order chi connectivity index (χ1) is 17.5. The highest BCUT2D eigenvalue weighted by atomic mass is 16.5. The Morgan fingerprint density at radius 1 is 0.944 bits per heavy atom. The number of aliphatic carboxylic acids is 1. The molecule has 2 amide bonds. The predicted octanol–water partition coefficient (Wildman–Crippen LogP) is 3.32. The Morgan fingerprint density at radius 2 is 1.58 bits per heavy atom. The Hall–Kier alpha value is -3.43. The highest BCUT2D eigenvalue weighted by molar-refractivity contribution is 5.81. The molecule has 1 aliphatic carbocycles. The molecule has 9 heteroatoms. The molecular weight excluding hydrogens is 464 g/mol. The van der Waals surface area contributed by atoms with Gasteiger partial charge in [-0.15, -0.1) is 0 Å². The maximum absolute atomic E-state index is 12.4. The average molecular weight is 499 g/mol. The van der Waals surface area contributed by atoms with Crippen LogP contribution >= 0.6 is 0 Å². The predicted molar refractivity (Wildman–Crippen MR) is 134 cm³/mol. The summed E-state index contributed by atoms with van der Waals surface area (Å²) in [6.45, 7) is 3.74. The van der Waals surface area contributed by atoms with Crippen molar-refractivity contribution in [2.75, 3.05) is 39.6 Å². The molecule has 1 unspecified atom stereocenters. The molecule has 0 spiro atoms. The van der Waals surface area contributed by atoms with Crippen LogP contribution in [0.3, 0.4) is 0 Å². The second-order valence-electron chi connectivity index (χ2n) is 8.46. The Kier molecular flexibility index (Phi) is 10.7. The van der Waals surface area contributed by atoms with Crippen LogP contribution in [0.15, 0.2) is 48.5 Å². The number of unbranched alkanes of at least 4 members (excludes halogenated alkanes) is 1. The van der Waals surface area contributed by atoms with Crippen molar-refractivity contribution in [3.8, 4) is 11.1 Å². The van der Waals surface area contributed by atoms with Crippen LogP contribution in [0.5, 0.6) is 0 Å². The van der Waals surface area contributed by atoms with E-state index in [9.17, 15) is 19.5 Å². The van der Waals surface area contributed by atoms with Crippen molar-refractivity contribution in [1.29, 1.82) is 0 Å². The standard InChI is InChI=1S/C27H34N2O7/c1-2-34-15-16-35-18-25(30)28-14-8-7-13-24(26(31)32)29-27(33)36-17-23-21-11-5-3-9-19(21)20-10-4-6-12-22(20)23/h3-6,9-12,23-24H,2,7-8,13-18H2,1H3,(H,28,30)(H,29,33)(H,31,32). The quantitative estimate of drug-likeness (QED) is 0.322. The summed E-state index contributed by atoms with van der Waals surface area (Å²) < 4.78 is 15.8. The SMILES string of the molecule is CCOCCOCC(=O)NCCCCC(NC(=O)OCC1c2ccccc2-c2ccccc21)C(=O)O. The summed E-state index contributed by atoms with van der Waals surface area (Å²) in [6, 6.07) is 14.9. The summed E-state index contributed by atoms with van der Waals surface area (Å²) in [4.78, 5) is 35.7. The summed E-state index contributed by atoms with van der Waals surface area (Å²) >= 11 is 0. The number of amides is 2. The lowest BCUT2D eigenvalue weighted by Gasteiger charge is -2.17. The lowest BCUT2D eigenvalue weighted by molar-refractivity contribution is -0.139. The minimum absolute atomic E-state index is 0.0475. The van der Waals surface area contributed by atoms with Gasteiger partial charge >= 0.3 is 12.1 Å². The minimum Gasteiger partial charge on any atom is -0.480 e. The summed E-state index contributed by atoms with van der Waals surface area (Å²) in [6.07, 6.45) is 0.537. The Bertz CT molecular complexity index is 981. The maximum Gasteiger partial charge on any atom is 0.407 e. The van der Waals surface area contributed by atoms with Gasteiger partial charge in [0.05, 0.1) is 13.2 Å². The molecule has 1 aliphatic rings. The number of nitrogens with one attached hydrogen (secondary N) is 2. The molecule has 0 saturated heterocycles. The average Bonchev–Trinajstić information content (AvgIpc) is 3.20. The molecule has 0 heterocycles. The van der Waals surface area contributed by atoms with Crippen LogP contribution in [0.25, 0.3) is 11.1 Å². The first-order valence-electron chi connectivity index (χ1n) is 12.3. The zero-order valence-corrected chi connectivity index (χ0v) is 20.5. The van der Waals surface area contributed by atoms with Gasteiger partial charge in [-0.05, 0) is 48.4 Å². The van der Waals surface area contributed by atoms with Gasteiger partial charge in [0.15, 0.2) is 0 Å². The molecule has 194 valence electrons. The third-order valence-electron chi connectivity index (χ3n) is 5.98. The summed E-state index contributed by atoms with van der Waals surface area (Å²) in [5.41, 5.74) is 4.41. The van der Waals surface area contributed by atoms with E-state index in [0.29, 0.717) is 39.2 Å². The van der Waals surface area contributed by atoms with Gasteiger partial charge in [-0.25, -0.2) is 9.59 Å². The second-order valence-corrected chi connectivity index (χ2v) is 8.46. The van der Waals surface area contributed by atoms with Crippen molar-refractivity contribution in [3.63, 3.8) is 0 Å². The number of benzene rings is 2. The van der Waals surface area contributed by atoms with Crippen LogP contribution in [0.4, 0.5) is 4.79 Å². The number of carbonyl (C=O) groups is 3. The van der Waals surface area contributed by atoms with Crippen molar-refractivity contribution in [2.45, 2.75) is 38.1 Å². The largest absolute Gasteiger partial charge is 0.480 e. The fourth-order valence-electron chi connectivity index (χ4n) is 4.22. The molecule has 0 radical (unpaired) electrons. The maximum atomic E-state index is 12.4. The Morgan fingerprint density at radius 3 is 2.22 bits per heavy atom. The van der Waals surface area contributed by atoms with Crippen LogP contribution in [-0.2, 0) is 23.8 Å². The lowest BCUT2D eigenvalue weighted by atomic mass is 9.98. The molecule has 0 bridgehead atoms. The molecule has 0 aliphatic heterocycles. The molecule has 2 aromatic carbocycles. The number of fused-ring (bicyclic) bond motifs is 3. The molecule has 0 fully saturated rings. The number of carbonyl (C=O) groups excluding carboxylic acids is 2. The third kappa shape index (κ3) is 7.79. The summed E-state index contributed by atoms with van der Waals surface area (Å²) in [7, 11) is 0. The van der Waals surface area contributed by atoms with E-state index in [1.165, 1.54) is 0 Å². The molecule has 2 aromatic rings. The zero-order valence-electron chi connectivity index (χ0n) is 20.5. The van der Waals surface area contributed by atoms with Crippen LogP contribution in [0.2, 0.25) is 0 Å². The van der Waals surface area contributed by atoms with Crippen molar-refractivity contribution in [1.82, 2.24) is 10.6 Å². The second kappa shape index (κ2) is 14.2. The van der Waals surface area contributed by atoms with E-state index in [1.54, 1.807) is 0 Å². The first-order valence-corrected chi connectivity index (χ1v) is 12.3. The topological polar surface area (TPSA) is 123 Å². The van der Waals surface area contributed by atoms with Crippen LogP contribution in [0, 0.1) is 0 Å². The van der Waals surface area contributed by atoms with Crippen LogP contribution in [-0.4, -0.2) is 68.7 Å². The van der Waals surface area contributed by atoms with E-state index in [0.717, 1.165) is 22.3 Å².